The zero-order valence-electron chi connectivity index (χ0n) is 18.7. The molecule has 6 aliphatic rings. The number of hydrogen-bond donors (Lipinski definition) is 0. The van der Waals surface area contributed by atoms with Gasteiger partial charge in [0.05, 0.1) is 0 Å². The quantitative estimate of drug-likeness (QED) is 0.442. The van der Waals surface area contributed by atoms with Crippen LogP contribution in [0.2, 0.25) is 0 Å². The molecule has 6 fully saturated rings. The summed E-state index contributed by atoms with van der Waals surface area (Å²) in [6.07, 6.45) is 17.0. The monoisotopic (exact) mass is 370 g/mol. The lowest BCUT2D eigenvalue weighted by molar-refractivity contribution is 0.0593. The molecular weight excluding hydrogens is 324 g/mol. The van der Waals surface area contributed by atoms with Crippen LogP contribution in [0.15, 0.2) is 0 Å². The van der Waals surface area contributed by atoms with Gasteiger partial charge >= 0.3 is 0 Å². The zero-order chi connectivity index (χ0) is 18.7. The molecule has 0 aromatic carbocycles. The maximum atomic E-state index is 2.59. The Bertz CT molecular complexity index is 520. The molecule has 0 saturated heterocycles. The molecule has 154 valence electrons. The molecule has 0 radical (unpaired) electrons. The molecule has 0 spiro atoms. The van der Waals surface area contributed by atoms with Gasteiger partial charge in [0.25, 0.3) is 0 Å². The van der Waals surface area contributed by atoms with E-state index in [1.807, 2.05) is 0 Å². The summed E-state index contributed by atoms with van der Waals surface area (Å²) in [4.78, 5) is 0. The number of hydrogen-bond acceptors (Lipinski definition) is 0. The van der Waals surface area contributed by atoms with Crippen molar-refractivity contribution in [3.8, 4) is 0 Å². The highest BCUT2D eigenvalue weighted by atomic mass is 14.7. The molecule has 0 aromatic heterocycles. The summed E-state index contributed by atoms with van der Waals surface area (Å²) in [6.45, 7) is 9.80. The van der Waals surface area contributed by atoms with Crippen LogP contribution in [0, 0.1) is 71.0 Å². The van der Waals surface area contributed by atoms with Crippen LogP contribution in [-0.2, 0) is 0 Å². The molecule has 0 aromatic rings. The third-order valence-corrected chi connectivity index (χ3v) is 11.3. The Hall–Kier alpha value is 0. The van der Waals surface area contributed by atoms with Gasteiger partial charge in [-0.25, -0.2) is 0 Å². The Morgan fingerprint density at radius 3 is 1.74 bits per heavy atom. The molecule has 6 aliphatic carbocycles. The first kappa shape index (κ1) is 19.0. The Morgan fingerprint density at radius 2 is 1.11 bits per heavy atom. The molecular formula is C27H46. The Labute approximate surface area is 169 Å². The molecule has 27 heavy (non-hydrogen) atoms. The van der Waals surface area contributed by atoms with E-state index in [1.54, 1.807) is 44.9 Å². The third-order valence-electron chi connectivity index (χ3n) is 11.3. The highest BCUT2D eigenvalue weighted by Crippen LogP contribution is 2.70. The molecule has 12 atom stereocenters. The van der Waals surface area contributed by atoms with Crippen LogP contribution in [-0.4, -0.2) is 0 Å². The fraction of sp³-hybridized carbons (Fsp3) is 1.00. The average molecular weight is 371 g/mol. The summed E-state index contributed by atoms with van der Waals surface area (Å²) in [5.41, 5.74) is 0. The van der Waals surface area contributed by atoms with Gasteiger partial charge in [0.15, 0.2) is 0 Å². The van der Waals surface area contributed by atoms with Crippen molar-refractivity contribution >= 4 is 0 Å². The summed E-state index contributed by atoms with van der Waals surface area (Å²) in [5, 5.41) is 0. The molecule has 0 amide bonds. The van der Waals surface area contributed by atoms with Crippen molar-refractivity contribution in [1.29, 1.82) is 0 Å². The van der Waals surface area contributed by atoms with Crippen molar-refractivity contribution in [2.45, 2.75) is 98.3 Å². The van der Waals surface area contributed by atoms with E-state index in [2.05, 4.69) is 27.7 Å². The SMILES string of the molecule is CCCC1C(C)C2CC1C1C3CCC(C3)C21.CCCC1C2CCC(C2)C1C. The van der Waals surface area contributed by atoms with E-state index in [4.69, 9.17) is 0 Å². The summed E-state index contributed by atoms with van der Waals surface area (Å²) in [7, 11) is 0. The predicted molar refractivity (Wildman–Crippen MR) is 115 cm³/mol. The molecule has 12 unspecified atom stereocenters. The van der Waals surface area contributed by atoms with Crippen molar-refractivity contribution < 1.29 is 0 Å². The maximum Gasteiger partial charge on any atom is -0.0321 e. The van der Waals surface area contributed by atoms with E-state index in [-0.39, 0.29) is 0 Å². The first-order valence-corrected chi connectivity index (χ1v) is 13.1. The molecule has 0 heteroatoms. The first-order valence-electron chi connectivity index (χ1n) is 13.1. The lowest BCUT2D eigenvalue weighted by Crippen LogP contribution is -2.37. The minimum atomic E-state index is 1.06. The topological polar surface area (TPSA) is 0 Å². The van der Waals surface area contributed by atoms with E-state index in [9.17, 15) is 0 Å². The van der Waals surface area contributed by atoms with Crippen molar-refractivity contribution in [3.05, 3.63) is 0 Å². The molecule has 0 N–H and O–H groups in total. The zero-order valence-corrected chi connectivity index (χ0v) is 18.7. The van der Waals surface area contributed by atoms with Gasteiger partial charge < -0.3 is 0 Å². The van der Waals surface area contributed by atoms with Gasteiger partial charge in [-0.1, -0.05) is 53.4 Å². The molecule has 6 bridgehead atoms. The molecule has 6 rings (SSSR count). The fourth-order valence-electron chi connectivity index (χ4n) is 10.4. The molecule has 0 heterocycles. The second-order valence-corrected chi connectivity index (χ2v) is 12.0. The lowest BCUT2D eigenvalue weighted by Gasteiger charge is -2.42. The highest BCUT2D eigenvalue weighted by Gasteiger charge is 2.64. The van der Waals surface area contributed by atoms with E-state index in [0.29, 0.717) is 0 Å². The minimum absolute atomic E-state index is 1.06. The molecule has 0 aliphatic heterocycles. The Morgan fingerprint density at radius 1 is 0.556 bits per heavy atom. The summed E-state index contributed by atoms with van der Waals surface area (Å²) >= 11 is 0. The van der Waals surface area contributed by atoms with Gasteiger partial charge in [0.1, 0.15) is 0 Å². The van der Waals surface area contributed by atoms with E-state index < -0.39 is 0 Å². The highest BCUT2D eigenvalue weighted by molar-refractivity contribution is 5.12. The van der Waals surface area contributed by atoms with Crippen molar-refractivity contribution in [3.63, 3.8) is 0 Å². The number of fused-ring (bicyclic) bond motifs is 11. The largest absolute Gasteiger partial charge is 0.0654 e. The maximum absolute atomic E-state index is 2.59. The second kappa shape index (κ2) is 7.36. The van der Waals surface area contributed by atoms with Crippen LogP contribution in [0.1, 0.15) is 98.3 Å². The minimum Gasteiger partial charge on any atom is -0.0654 e. The number of rotatable bonds is 4. The molecule has 6 saturated carbocycles. The fourth-order valence-corrected chi connectivity index (χ4v) is 10.4. The van der Waals surface area contributed by atoms with Crippen LogP contribution in [0.4, 0.5) is 0 Å². The lowest BCUT2D eigenvalue weighted by atomic mass is 9.63. The van der Waals surface area contributed by atoms with E-state index in [1.165, 1.54) is 55.3 Å². The standard InChI is InChI=1S/C16H26.C11H20/c1-3-4-12-9(2)13-8-14(12)16-11-6-5-10(7-11)15(13)16;1-3-4-11-8(2)9-5-6-10(11)7-9/h9-16H,3-8H2,1-2H3;8-11H,3-7H2,1-2H3. The van der Waals surface area contributed by atoms with Crippen molar-refractivity contribution in [2.24, 2.45) is 71.0 Å². The van der Waals surface area contributed by atoms with Gasteiger partial charge in [-0.2, -0.15) is 0 Å². The second-order valence-electron chi connectivity index (χ2n) is 12.0. The van der Waals surface area contributed by atoms with Crippen LogP contribution < -0.4 is 0 Å². The van der Waals surface area contributed by atoms with Gasteiger partial charge in [-0.3, -0.25) is 0 Å². The Kier molecular flexibility index (Phi) is 5.17. The van der Waals surface area contributed by atoms with E-state index >= 15 is 0 Å². The smallest absolute Gasteiger partial charge is 0.0321 e. The van der Waals surface area contributed by atoms with Crippen LogP contribution in [0.3, 0.4) is 0 Å². The third kappa shape index (κ3) is 2.89. The Balaban J connectivity index is 0.000000128. The van der Waals surface area contributed by atoms with Crippen molar-refractivity contribution in [2.75, 3.05) is 0 Å². The predicted octanol–water partition coefficient (Wildman–Crippen LogP) is 7.82. The van der Waals surface area contributed by atoms with Gasteiger partial charge in [0.2, 0.25) is 0 Å². The van der Waals surface area contributed by atoms with Gasteiger partial charge in [0, 0.05) is 0 Å². The summed E-state index contributed by atoms with van der Waals surface area (Å²) < 4.78 is 0. The average Bonchev–Trinajstić information content (AvgIpc) is 3.46. The van der Waals surface area contributed by atoms with Crippen LogP contribution in [0.5, 0.6) is 0 Å². The summed E-state index contributed by atoms with van der Waals surface area (Å²) in [5.74, 6) is 13.7. The van der Waals surface area contributed by atoms with Gasteiger partial charge in [-0.15, -0.1) is 0 Å². The molecule has 0 nitrogen and oxygen atoms in total. The van der Waals surface area contributed by atoms with Crippen LogP contribution >= 0.6 is 0 Å². The van der Waals surface area contributed by atoms with Crippen molar-refractivity contribution in [1.82, 2.24) is 0 Å². The van der Waals surface area contributed by atoms with E-state index in [0.717, 1.165) is 41.4 Å². The van der Waals surface area contributed by atoms with Gasteiger partial charge in [-0.05, 0) is 116 Å². The summed E-state index contributed by atoms with van der Waals surface area (Å²) in [6, 6.07) is 0. The van der Waals surface area contributed by atoms with Crippen LogP contribution in [0.25, 0.3) is 0 Å². The first-order chi connectivity index (χ1) is 13.1. The normalized spacial score (nSPS) is 56.4.